The molecular weight excluding hydrogens is 482 g/mol. The molecular formula is C26H31N3O4S2. The van der Waals surface area contributed by atoms with Crippen molar-refractivity contribution in [1.82, 2.24) is 14.5 Å². The fourth-order valence-electron chi connectivity index (χ4n) is 4.66. The van der Waals surface area contributed by atoms with Gasteiger partial charge >= 0.3 is 0 Å². The molecule has 0 saturated carbocycles. The Morgan fingerprint density at radius 3 is 2.71 bits per heavy atom. The van der Waals surface area contributed by atoms with E-state index in [4.69, 9.17) is 14.5 Å². The van der Waals surface area contributed by atoms with Crippen LogP contribution < -0.4 is 5.56 Å². The second-order valence-corrected chi connectivity index (χ2v) is 11.9. The molecule has 4 heterocycles. The van der Waals surface area contributed by atoms with Crippen LogP contribution in [0.3, 0.4) is 0 Å². The first-order chi connectivity index (χ1) is 16.8. The van der Waals surface area contributed by atoms with Crippen LogP contribution in [0.5, 0.6) is 0 Å². The number of aryl methyl sites for hydroxylation is 1. The maximum atomic E-state index is 14.1. The quantitative estimate of drug-likeness (QED) is 0.376. The molecule has 0 radical (unpaired) electrons. The van der Waals surface area contributed by atoms with Crippen LogP contribution in [-0.2, 0) is 27.3 Å². The van der Waals surface area contributed by atoms with Crippen molar-refractivity contribution < 1.29 is 14.3 Å². The largest absolute Gasteiger partial charge is 0.378 e. The van der Waals surface area contributed by atoms with E-state index in [0.717, 1.165) is 32.9 Å². The summed E-state index contributed by atoms with van der Waals surface area (Å²) < 4.78 is 13.2. The number of hydrogen-bond donors (Lipinski definition) is 0. The summed E-state index contributed by atoms with van der Waals surface area (Å²) in [4.78, 5) is 35.8. The number of fused-ring (bicyclic) bond motifs is 3. The number of morpholine rings is 1. The number of ether oxygens (including phenoxy) is 2. The zero-order valence-corrected chi connectivity index (χ0v) is 22.2. The van der Waals surface area contributed by atoms with Gasteiger partial charge in [-0.05, 0) is 43.0 Å². The lowest BCUT2D eigenvalue weighted by Gasteiger charge is -2.29. The molecule has 2 aliphatic heterocycles. The van der Waals surface area contributed by atoms with E-state index in [0.29, 0.717) is 49.4 Å². The number of benzene rings is 1. The van der Waals surface area contributed by atoms with Crippen molar-refractivity contribution in [2.24, 2.45) is 5.92 Å². The Kier molecular flexibility index (Phi) is 7.03. The minimum Gasteiger partial charge on any atom is -0.378 e. The van der Waals surface area contributed by atoms with E-state index in [-0.39, 0.29) is 22.8 Å². The molecule has 1 fully saturated rings. The van der Waals surface area contributed by atoms with Gasteiger partial charge in [-0.2, -0.15) is 0 Å². The maximum Gasteiger partial charge on any atom is 0.267 e. The first-order valence-corrected chi connectivity index (χ1v) is 13.8. The minimum atomic E-state index is -0.378. The summed E-state index contributed by atoms with van der Waals surface area (Å²) in [5, 5.41) is 0.857. The summed E-state index contributed by atoms with van der Waals surface area (Å²) in [5.74, 6) is 0.411. The van der Waals surface area contributed by atoms with Crippen LogP contribution >= 0.6 is 23.1 Å². The fraction of sp³-hybridized carbons (Fsp3) is 0.500. The molecule has 0 spiro atoms. The Bertz CT molecular complexity index is 1310. The maximum absolute atomic E-state index is 14.1. The molecule has 5 rings (SSSR count). The predicted molar refractivity (Wildman–Crippen MR) is 140 cm³/mol. The molecule has 0 bridgehead atoms. The van der Waals surface area contributed by atoms with Gasteiger partial charge in [-0.15, -0.1) is 11.3 Å². The fourth-order valence-corrected chi connectivity index (χ4v) is 6.83. The van der Waals surface area contributed by atoms with E-state index in [2.05, 4.69) is 13.8 Å². The highest BCUT2D eigenvalue weighted by Crippen LogP contribution is 2.37. The summed E-state index contributed by atoms with van der Waals surface area (Å²) in [7, 11) is 0. The SMILES string of the molecule is Cc1cccc(-n2c(S[C@@H](C)C(=O)N3CCOCC3)nc3sc4c(c3c2=O)C[C@@H](C(C)C)OC4)c1. The highest BCUT2D eigenvalue weighted by molar-refractivity contribution is 8.00. The van der Waals surface area contributed by atoms with Crippen molar-refractivity contribution in [3.63, 3.8) is 0 Å². The standard InChI is InChI=1S/C26H31N3O4S2/c1-15(2)20-13-19-21(14-33-20)35-23-22(19)25(31)29(18-7-5-6-16(3)12-18)26(27-23)34-17(4)24(30)28-8-10-32-11-9-28/h5-7,12,15,17,20H,8-11,13-14H2,1-4H3/t17-,20-/m0/s1. The lowest BCUT2D eigenvalue weighted by Crippen LogP contribution is -2.44. The molecule has 0 aliphatic carbocycles. The van der Waals surface area contributed by atoms with Gasteiger partial charge in [0.15, 0.2) is 5.16 Å². The monoisotopic (exact) mass is 513 g/mol. The molecule has 35 heavy (non-hydrogen) atoms. The molecule has 2 aliphatic rings. The lowest BCUT2D eigenvalue weighted by molar-refractivity contribution is -0.134. The van der Waals surface area contributed by atoms with Gasteiger partial charge in [-0.3, -0.25) is 14.2 Å². The normalized spacial score (nSPS) is 19.2. The molecule has 3 aromatic rings. The summed E-state index contributed by atoms with van der Waals surface area (Å²) in [6, 6.07) is 7.88. The molecule has 7 nitrogen and oxygen atoms in total. The van der Waals surface area contributed by atoms with Crippen LogP contribution in [0.25, 0.3) is 15.9 Å². The first-order valence-electron chi connectivity index (χ1n) is 12.1. The third kappa shape index (κ3) is 4.79. The third-order valence-electron chi connectivity index (χ3n) is 6.67. The van der Waals surface area contributed by atoms with Crippen LogP contribution in [0.4, 0.5) is 0 Å². The zero-order chi connectivity index (χ0) is 24.7. The van der Waals surface area contributed by atoms with Crippen molar-refractivity contribution >= 4 is 39.2 Å². The van der Waals surface area contributed by atoms with Crippen molar-refractivity contribution in [3.05, 3.63) is 50.6 Å². The highest BCUT2D eigenvalue weighted by atomic mass is 32.2. The van der Waals surface area contributed by atoms with E-state index in [1.807, 2.05) is 43.0 Å². The Morgan fingerprint density at radius 1 is 1.23 bits per heavy atom. The number of carbonyl (C=O) groups is 1. The molecule has 9 heteroatoms. The van der Waals surface area contributed by atoms with Gasteiger partial charge in [-0.25, -0.2) is 4.98 Å². The van der Waals surface area contributed by atoms with Gasteiger partial charge in [0.1, 0.15) is 4.83 Å². The molecule has 1 amide bonds. The van der Waals surface area contributed by atoms with Crippen LogP contribution in [0.1, 0.15) is 36.8 Å². The van der Waals surface area contributed by atoms with Gasteiger partial charge in [0, 0.05) is 24.4 Å². The highest BCUT2D eigenvalue weighted by Gasteiger charge is 2.30. The van der Waals surface area contributed by atoms with Crippen LogP contribution in [0.15, 0.2) is 34.2 Å². The number of thiophene rings is 1. The van der Waals surface area contributed by atoms with Crippen molar-refractivity contribution in [1.29, 1.82) is 0 Å². The molecule has 2 aromatic heterocycles. The second-order valence-electron chi connectivity index (χ2n) is 9.55. The summed E-state index contributed by atoms with van der Waals surface area (Å²) in [6.07, 6.45) is 0.809. The average molecular weight is 514 g/mol. The Morgan fingerprint density at radius 2 is 2.00 bits per heavy atom. The van der Waals surface area contributed by atoms with Crippen molar-refractivity contribution in [2.75, 3.05) is 26.3 Å². The molecule has 1 aromatic carbocycles. The molecule has 1 saturated heterocycles. The van der Waals surface area contributed by atoms with Gasteiger partial charge in [0.05, 0.1) is 42.2 Å². The van der Waals surface area contributed by atoms with Gasteiger partial charge in [-0.1, -0.05) is 37.7 Å². The molecule has 0 unspecified atom stereocenters. The Hall–Kier alpha value is -2.20. The summed E-state index contributed by atoms with van der Waals surface area (Å²) in [6.45, 7) is 11.0. The number of aromatic nitrogens is 2. The van der Waals surface area contributed by atoms with E-state index in [9.17, 15) is 9.59 Å². The Balaban J connectivity index is 1.61. The van der Waals surface area contributed by atoms with Crippen LogP contribution in [0, 0.1) is 12.8 Å². The van der Waals surface area contributed by atoms with Gasteiger partial charge in [0.2, 0.25) is 5.91 Å². The minimum absolute atomic E-state index is 0.0436. The molecule has 0 N–H and O–H groups in total. The summed E-state index contributed by atoms with van der Waals surface area (Å²) >= 11 is 2.89. The van der Waals surface area contributed by atoms with E-state index in [1.54, 1.807) is 4.57 Å². The van der Waals surface area contributed by atoms with E-state index < -0.39 is 0 Å². The second kappa shape index (κ2) is 10.0. The van der Waals surface area contributed by atoms with E-state index in [1.165, 1.54) is 23.1 Å². The molecule has 186 valence electrons. The number of carbonyl (C=O) groups excluding carboxylic acids is 1. The number of hydrogen-bond acceptors (Lipinski definition) is 7. The topological polar surface area (TPSA) is 73.7 Å². The predicted octanol–water partition coefficient (Wildman–Crippen LogP) is 4.19. The number of nitrogens with zero attached hydrogens (tertiary/aromatic N) is 3. The number of thioether (sulfide) groups is 1. The average Bonchev–Trinajstić information content (AvgIpc) is 3.22. The lowest BCUT2D eigenvalue weighted by atomic mass is 9.96. The smallest absolute Gasteiger partial charge is 0.267 e. The van der Waals surface area contributed by atoms with Crippen LogP contribution in [0.2, 0.25) is 0 Å². The number of amides is 1. The van der Waals surface area contributed by atoms with Gasteiger partial charge < -0.3 is 14.4 Å². The van der Waals surface area contributed by atoms with Gasteiger partial charge in [0.25, 0.3) is 5.56 Å². The van der Waals surface area contributed by atoms with E-state index >= 15 is 0 Å². The number of rotatable bonds is 5. The zero-order valence-electron chi connectivity index (χ0n) is 20.6. The Labute approximate surface area is 213 Å². The van der Waals surface area contributed by atoms with Crippen molar-refractivity contribution in [3.8, 4) is 5.69 Å². The summed E-state index contributed by atoms with van der Waals surface area (Å²) in [5.41, 5.74) is 2.83. The van der Waals surface area contributed by atoms with Crippen LogP contribution in [-0.4, -0.2) is 58.0 Å². The third-order valence-corrected chi connectivity index (χ3v) is 8.81. The first kappa shape index (κ1) is 24.5. The van der Waals surface area contributed by atoms with Crippen molar-refractivity contribution in [2.45, 2.75) is 57.2 Å². The molecule has 2 atom stereocenters.